The van der Waals surface area contributed by atoms with E-state index in [1.165, 1.54) is 22.9 Å². The second-order valence-electron chi connectivity index (χ2n) is 9.89. The van der Waals surface area contributed by atoms with Crippen LogP contribution in [0.25, 0.3) is 5.70 Å². The van der Waals surface area contributed by atoms with E-state index in [4.69, 9.17) is 0 Å². The molecule has 3 unspecified atom stereocenters. The quantitative estimate of drug-likeness (QED) is 0.482. The molecule has 0 aliphatic carbocycles. The monoisotopic (exact) mass is 554 g/mol. The van der Waals surface area contributed by atoms with Gasteiger partial charge in [0.05, 0.1) is 26.1 Å². The van der Waals surface area contributed by atoms with Gasteiger partial charge in [0, 0.05) is 31.0 Å². The summed E-state index contributed by atoms with van der Waals surface area (Å²) < 4.78 is 47.5. The summed E-state index contributed by atoms with van der Waals surface area (Å²) in [5.41, 5.74) is 4.87. The van der Waals surface area contributed by atoms with E-state index in [-0.39, 0.29) is 6.04 Å². The fourth-order valence-corrected chi connectivity index (χ4v) is 7.44. The third-order valence-electron chi connectivity index (χ3n) is 7.09. The Morgan fingerprint density at radius 3 is 2.16 bits per heavy atom. The van der Waals surface area contributed by atoms with Crippen LogP contribution in [0.3, 0.4) is 0 Å². The highest BCUT2D eigenvalue weighted by Gasteiger charge is 2.22. The number of benzene rings is 2. The van der Waals surface area contributed by atoms with Crippen molar-refractivity contribution in [1.82, 2.24) is 10.6 Å². The number of allylic oxidation sites excluding steroid dienone is 3. The van der Waals surface area contributed by atoms with Crippen LogP contribution in [0.1, 0.15) is 31.0 Å². The smallest absolute Gasteiger partial charge is 0.154 e. The fraction of sp³-hybridized carbons (Fsp3) is 0.286. The first-order valence-corrected chi connectivity index (χ1v) is 17.6. The topological polar surface area (TPSA) is 92.3 Å². The number of rotatable bonds is 8. The molecular formula is C28H34N2O4S2Si. The molecule has 2 aromatic carbocycles. The maximum atomic E-state index is 11.9. The molecule has 6 nitrogen and oxygen atoms in total. The molecule has 3 atom stereocenters. The van der Waals surface area contributed by atoms with Crippen molar-refractivity contribution in [2.45, 2.75) is 30.4 Å². The van der Waals surface area contributed by atoms with Crippen LogP contribution in [0.5, 0.6) is 0 Å². The molecule has 0 fully saturated rings. The van der Waals surface area contributed by atoms with Gasteiger partial charge < -0.3 is 10.6 Å². The first-order valence-electron chi connectivity index (χ1n) is 12.3. The van der Waals surface area contributed by atoms with E-state index in [0.717, 1.165) is 28.0 Å². The number of hydrogen-bond acceptors (Lipinski definition) is 6. The maximum Gasteiger partial charge on any atom is 0.154 e. The van der Waals surface area contributed by atoms with Gasteiger partial charge in [0.2, 0.25) is 0 Å². The molecule has 0 saturated heterocycles. The normalized spacial score (nSPS) is 19.9. The third-order valence-corrected chi connectivity index (χ3v) is 11.9. The van der Waals surface area contributed by atoms with Gasteiger partial charge in [-0.1, -0.05) is 77.1 Å². The molecule has 0 spiro atoms. The van der Waals surface area contributed by atoms with Crippen LogP contribution in [0.2, 0.25) is 0 Å². The summed E-state index contributed by atoms with van der Waals surface area (Å²) in [6.45, 7) is 3.95. The summed E-state index contributed by atoms with van der Waals surface area (Å²) in [4.78, 5) is 0. The van der Waals surface area contributed by atoms with Crippen molar-refractivity contribution >= 4 is 45.3 Å². The Labute approximate surface area is 222 Å². The molecule has 0 amide bonds. The maximum absolute atomic E-state index is 11.9. The van der Waals surface area contributed by atoms with E-state index in [2.05, 4.69) is 59.2 Å². The zero-order valence-electron chi connectivity index (χ0n) is 21.6. The van der Waals surface area contributed by atoms with Crippen LogP contribution >= 0.6 is 0 Å². The second-order valence-corrected chi connectivity index (χ2v) is 16.6. The molecule has 2 aromatic rings. The molecule has 2 N–H and O–H groups in total. The van der Waals surface area contributed by atoms with Crippen LogP contribution in [0.4, 0.5) is 0 Å². The lowest BCUT2D eigenvalue weighted by Gasteiger charge is -2.22. The average Bonchev–Trinajstić information content (AvgIpc) is 2.87. The number of dihydropyridines is 2. The van der Waals surface area contributed by atoms with Crippen molar-refractivity contribution < 1.29 is 16.8 Å². The molecular weight excluding hydrogens is 521 g/mol. The van der Waals surface area contributed by atoms with Gasteiger partial charge in [0.25, 0.3) is 0 Å². The van der Waals surface area contributed by atoms with Gasteiger partial charge in [-0.2, -0.15) is 0 Å². The summed E-state index contributed by atoms with van der Waals surface area (Å²) in [7, 11) is -6.99. The third kappa shape index (κ3) is 6.71. The number of hydrogen-bond donors (Lipinski definition) is 2. The largest absolute Gasteiger partial charge is 0.381 e. The Morgan fingerprint density at radius 1 is 0.892 bits per heavy atom. The lowest BCUT2D eigenvalue weighted by Crippen LogP contribution is -2.30. The highest BCUT2D eigenvalue weighted by Crippen LogP contribution is 2.22. The average molecular weight is 555 g/mol. The van der Waals surface area contributed by atoms with Gasteiger partial charge in [-0.15, -0.1) is 0 Å². The van der Waals surface area contributed by atoms with Gasteiger partial charge in [-0.05, 0) is 42.2 Å². The van der Waals surface area contributed by atoms with E-state index >= 15 is 0 Å². The standard InChI is InChI=1S/C28H34N2O4S2Si/c1-19(35(3,31)32)23-11-13-27(29-17-23)21-7-5-9-25(15-21)37-26-10-6-8-22(16-26)28-14-12-24(18-30-28)20(2)36(4,33)34/h5-17,19-20,27,29-30H,18,37H2,1-4H3. The Balaban J connectivity index is 1.47. The van der Waals surface area contributed by atoms with Crippen molar-refractivity contribution in [3.05, 3.63) is 101 Å². The van der Waals surface area contributed by atoms with Gasteiger partial charge in [-0.3, -0.25) is 0 Å². The van der Waals surface area contributed by atoms with Crippen molar-refractivity contribution in [2.24, 2.45) is 0 Å². The Hall–Kier alpha value is -2.88. The van der Waals surface area contributed by atoms with Gasteiger partial charge >= 0.3 is 0 Å². The van der Waals surface area contributed by atoms with Crippen molar-refractivity contribution in [1.29, 1.82) is 0 Å². The fourth-order valence-electron chi connectivity index (χ4n) is 4.44. The van der Waals surface area contributed by atoms with Crippen LogP contribution in [0, 0.1) is 0 Å². The predicted octanol–water partition coefficient (Wildman–Crippen LogP) is 1.63. The van der Waals surface area contributed by atoms with E-state index in [1.54, 1.807) is 13.8 Å². The van der Waals surface area contributed by atoms with E-state index < -0.39 is 39.7 Å². The summed E-state index contributed by atoms with van der Waals surface area (Å²) >= 11 is 0. The first-order chi connectivity index (χ1) is 17.4. The molecule has 0 radical (unpaired) electrons. The molecule has 0 aromatic heterocycles. The number of sulfone groups is 2. The van der Waals surface area contributed by atoms with Gasteiger partial charge in [-0.25, -0.2) is 16.8 Å². The SMILES string of the molecule is CC(C1=CNC(c2cccc([SiH2]c3cccc(C4=CC=C(C(C)S(C)(=O)=O)CN4)c3)c2)C=C1)S(C)(=O)=O. The molecule has 2 aliphatic heterocycles. The summed E-state index contributed by atoms with van der Waals surface area (Å²) in [5.74, 6) is 0. The van der Waals surface area contributed by atoms with Crippen LogP contribution in [-0.4, -0.2) is 55.9 Å². The van der Waals surface area contributed by atoms with Crippen LogP contribution in [0.15, 0.2) is 90.2 Å². The predicted molar refractivity (Wildman–Crippen MR) is 156 cm³/mol. The Morgan fingerprint density at radius 2 is 1.57 bits per heavy atom. The molecule has 2 aliphatic rings. The summed E-state index contributed by atoms with van der Waals surface area (Å²) in [5, 5.41) is 8.33. The summed E-state index contributed by atoms with van der Waals surface area (Å²) in [6, 6.07) is 17.1. The van der Waals surface area contributed by atoms with E-state index in [9.17, 15) is 16.8 Å². The molecule has 9 heteroatoms. The minimum atomic E-state index is -3.14. The lowest BCUT2D eigenvalue weighted by molar-refractivity contribution is 0.592. The van der Waals surface area contributed by atoms with E-state index in [1.807, 2.05) is 30.5 Å². The lowest BCUT2D eigenvalue weighted by atomic mass is 10.0. The highest BCUT2D eigenvalue weighted by atomic mass is 32.2. The first kappa shape index (κ1) is 27.2. The minimum absolute atomic E-state index is 0.00250. The molecule has 37 heavy (non-hydrogen) atoms. The second kappa shape index (κ2) is 10.8. The number of nitrogens with one attached hydrogen (secondary N) is 2. The van der Waals surface area contributed by atoms with Crippen molar-refractivity contribution in [3.8, 4) is 0 Å². The Bertz CT molecular complexity index is 1520. The van der Waals surface area contributed by atoms with Crippen molar-refractivity contribution in [3.63, 3.8) is 0 Å². The molecule has 0 bridgehead atoms. The highest BCUT2D eigenvalue weighted by molar-refractivity contribution is 7.91. The minimum Gasteiger partial charge on any atom is -0.381 e. The molecule has 0 saturated carbocycles. The van der Waals surface area contributed by atoms with E-state index in [0.29, 0.717) is 6.54 Å². The van der Waals surface area contributed by atoms with Crippen LogP contribution in [-0.2, 0) is 19.7 Å². The zero-order chi connectivity index (χ0) is 26.8. The zero-order valence-corrected chi connectivity index (χ0v) is 24.6. The van der Waals surface area contributed by atoms with Crippen molar-refractivity contribution in [2.75, 3.05) is 19.1 Å². The molecule has 2 heterocycles. The molecule has 4 rings (SSSR count). The van der Waals surface area contributed by atoms with Crippen LogP contribution < -0.4 is 21.0 Å². The van der Waals surface area contributed by atoms with Gasteiger partial charge in [0.15, 0.2) is 19.7 Å². The molecule has 196 valence electrons. The van der Waals surface area contributed by atoms with Gasteiger partial charge in [0.1, 0.15) is 0 Å². The summed E-state index contributed by atoms with van der Waals surface area (Å²) in [6.07, 6.45) is 12.2. The Kier molecular flexibility index (Phi) is 7.96.